The first-order valence-electron chi connectivity index (χ1n) is 5.48. The van der Waals surface area contributed by atoms with E-state index >= 15 is 0 Å². The third kappa shape index (κ3) is 6.28. The van der Waals surface area contributed by atoms with Crippen LogP contribution in [0.1, 0.15) is 12.8 Å². The molecule has 0 fully saturated rings. The summed E-state index contributed by atoms with van der Waals surface area (Å²) >= 11 is 1.56. The van der Waals surface area contributed by atoms with Crippen molar-refractivity contribution in [1.29, 1.82) is 0 Å². The van der Waals surface area contributed by atoms with Crippen LogP contribution in [0, 0.1) is 5.82 Å². The second kappa shape index (κ2) is 8.08. The number of halogens is 1. The molecule has 3 nitrogen and oxygen atoms in total. The Morgan fingerprint density at radius 1 is 1.35 bits per heavy atom. The summed E-state index contributed by atoms with van der Waals surface area (Å²) in [4.78, 5) is 12.2. The molecule has 0 radical (unpaired) electrons. The number of aliphatic hydroxyl groups is 1. The Bertz CT molecular complexity index is 343. The first-order chi connectivity index (χ1) is 8.22. The number of thioether (sulfide) groups is 1. The molecule has 0 aliphatic carbocycles. The summed E-state index contributed by atoms with van der Waals surface area (Å²) in [6, 6.07) is 6.27. The number of benzene rings is 1. The van der Waals surface area contributed by atoms with Crippen molar-refractivity contribution in [1.82, 2.24) is 5.32 Å². The van der Waals surface area contributed by atoms with Gasteiger partial charge in [0.1, 0.15) is 5.82 Å². The highest BCUT2D eigenvalue weighted by atomic mass is 32.2. The minimum absolute atomic E-state index is 0.0394. The molecule has 0 spiro atoms. The predicted octanol–water partition coefficient (Wildman–Crippen LogP) is 1.81. The molecular weight excluding hydrogens is 241 g/mol. The van der Waals surface area contributed by atoms with Crippen LogP contribution in [0.5, 0.6) is 0 Å². The smallest absolute Gasteiger partial charge is 0.220 e. The maximum atomic E-state index is 12.6. The van der Waals surface area contributed by atoms with Crippen molar-refractivity contribution in [2.75, 3.05) is 18.9 Å². The van der Waals surface area contributed by atoms with Gasteiger partial charge in [-0.05, 0) is 30.7 Å². The average molecular weight is 257 g/mol. The Morgan fingerprint density at radius 3 is 2.71 bits per heavy atom. The van der Waals surface area contributed by atoms with Crippen molar-refractivity contribution in [3.05, 3.63) is 30.1 Å². The lowest BCUT2D eigenvalue weighted by Gasteiger charge is -2.04. The molecule has 0 aliphatic heterocycles. The van der Waals surface area contributed by atoms with E-state index in [1.165, 1.54) is 12.1 Å². The Labute approximate surface area is 104 Å². The zero-order chi connectivity index (χ0) is 12.5. The molecular formula is C12H16FNO2S. The number of nitrogens with one attached hydrogen (secondary N) is 1. The Kier molecular flexibility index (Phi) is 6.65. The molecule has 17 heavy (non-hydrogen) atoms. The van der Waals surface area contributed by atoms with E-state index < -0.39 is 0 Å². The van der Waals surface area contributed by atoms with E-state index in [2.05, 4.69) is 5.32 Å². The predicted molar refractivity (Wildman–Crippen MR) is 66.5 cm³/mol. The van der Waals surface area contributed by atoms with Crippen LogP contribution in [-0.4, -0.2) is 29.9 Å². The maximum Gasteiger partial charge on any atom is 0.220 e. The summed E-state index contributed by atoms with van der Waals surface area (Å²) in [5.41, 5.74) is 0. The van der Waals surface area contributed by atoms with Crippen LogP contribution in [0.3, 0.4) is 0 Å². The molecule has 0 atom stereocenters. The van der Waals surface area contributed by atoms with Crippen LogP contribution < -0.4 is 5.32 Å². The van der Waals surface area contributed by atoms with Crippen LogP contribution in [0.2, 0.25) is 0 Å². The fraction of sp³-hybridized carbons (Fsp3) is 0.417. The van der Waals surface area contributed by atoms with E-state index in [4.69, 9.17) is 5.11 Å². The van der Waals surface area contributed by atoms with Gasteiger partial charge < -0.3 is 10.4 Å². The summed E-state index contributed by atoms with van der Waals surface area (Å²) in [6.45, 7) is 0.615. The van der Waals surface area contributed by atoms with E-state index in [9.17, 15) is 9.18 Å². The van der Waals surface area contributed by atoms with Crippen LogP contribution >= 0.6 is 11.8 Å². The lowest BCUT2D eigenvalue weighted by Crippen LogP contribution is -2.25. The molecule has 0 unspecified atom stereocenters. The van der Waals surface area contributed by atoms with Crippen molar-refractivity contribution in [3.8, 4) is 0 Å². The fourth-order valence-electron chi connectivity index (χ4n) is 1.22. The Balaban J connectivity index is 2.11. The SMILES string of the molecule is O=C(CCCO)NCCSc1ccc(F)cc1. The summed E-state index contributed by atoms with van der Waals surface area (Å²) < 4.78 is 12.6. The van der Waals surface area contributed by atoms with Gasteiger partial charge in [-0.25, -0.2) is 4.39 Å². The van der Waals surface area contributed by atoms with Gasteiger partial charge in [-0.1, -0.05) is 0 Å². The van der Waals surface area contributed by atoms with Crippen molar-refractivity contribution in [2.24, 2.45) is 0 Å². The van der Waals surface area contributed by atoms with E-state index in [0.29, 0.717) is 19.4 Å². The van der Waals surface area contributed by atoms with Gasteiger partial charge in [0.05, 0.1) is 0 Å². The molecule has 1 aromatic rings. The lowest BCUT2D eigenvalue weighted by atomic mass is 10.3. The van der Waals surface area contributed by atoms with Crippen LogP contribution in [-0.2, 0) is 4.79 Å². The highest BCUT2D eigenvalue weighted by Crippen LogP contribution is 2.17. The molecule has 0 aromatic heterocycles. The van der Waals surface area contributed by atoms with Crippen LogP contribution in [0.4, 0.5) is 4.39 Å². The van der Waals surface area contributed by atoms with Gasteiger partial charge in [-0.15, -0.1) is 11.8 Å². The molecule has 0 heterocycles. The molecule has 1 amide bonds. The topological polar surface area (TPSA) is 49.3 Å². The lowest BCUT2D eigenvalue weighted by molar-refractivity contribution is -0.121. The van der Waals surface area contributed by atoms with Gasteiger partial charge in [0.2, 0.25) is 5.91 Å². The molecule has 0 saturated heterocycles. The van der Waals surface area contributed by atoms with E-state index in [-0.39, 0.29) is 18.3 Å². The van der Waals surface area contributed by atoms with Gasteiger partial charge in [0.15, 0.2) is 0 Å². The molecule has 1 rings (SSSR count). The Morgan fingerprint density at radius 2 is 2.06 bits per heavy atom. The maximum absolute atomic E-state index is 12.6. The molecule has 0 bridgehead atoms. The number of amides is 1. The van der Waals surface area contributed by atoms with Crippen LogP contribution in [0.15, 0.2) is 29.2 Å². The third-order valence-electron chi connectivity index (χ3n) is 2.07. The average Bonchev–Trinajstić information content (AvgIpc) is 2.34. The molecule has 5 heteroatoms. The zero-order valence-electron chi connectivity index (χ0n) is 9.49. The number of hydrogen-bond donors (Lipinski definition) is 2. The van der Waals surface area contributed by atoms with Crippen LogP contribution in [0.25, 0.3) is 0 Å². The summed E-state index contributed by atoms with van der Waals surface area (Å²) in [7, 11) is 0. The summed E-state index contributed by atoms with van der Waals surface area (Å²) in [6.07, 6.45) is 0.856. The number of carbonyl (C=O) groups is 1. The van der Waals surface area contributed by atoms with Gasteiger partial charge in [-0.3, -0.25) is 4.79 Å². The number of hydrogen-bond acceptors (Lipinski definition) is 3. The highest BCUT2D eigenvalue weighted by Gasteiger charge is 2.00. The molecule has 1 aromatic carbocycles. The second-order valence-corrected chi connectivity index (χ2v) is 4.65. The second-order valence-electron chi connectivity index (χ2n) is 3.48. The quantitative estimate of drug-likeness (QED) is 0.578. The summed E-state index contributed by atoms with van der Waals surface area (Å²) in [5, 5.41) is 11.3. The molecule has 0 saturated carbocycles. The fourth-order valence-corrected chi connectivity index (χ4v) is 1.99. The summed E-state index contributed by atoms with van der Waals surface area (Å²) in [5.74, 6) is 0.460. The van der Waals surface area contributed by atoms with Crippen molar-refractivity contribution in [2.45, 2.75) is 17.7 Å². The molecule has 2 N–H and O–H groups in total. The highest BCUT2D eigenvalue weighted by molar-refractivity contribution is 7.99. The molecule has 94 valence electrons. The van der Waals surface area contributed by atoms with E-state index in [1.54, 1.807) is 23.9 Å². The monoisotopic (exact) mass is 257 g/mol. The number of rotatable bonds is 7. The Hall–Kier alpha value is -1.07. The largest absolute Gasteiger partial charge is 0.396 e. The van der Waals surface area contributed by atoms with E-state index in [1.807, 2.05) is 0 Å². The zero-order valence-corrected chi connectivity index (χ0v) is 10.3. The van der Waals surface area contributed by atoms with Gasteiger partial charge >= 0.3 is 0 Å². The van der Waals surface area contributed by atoms with Crippen molar-refractivity contribution >= 4 is 17.7 Å². The van der Waals surface area contributed by atoms with Gasteiger partial charge in [-0.2, -0.15) is 0 Å². The number of carbonyl (C=O) groups excluding carboxylic acids is 1. The first-order valence-corrected chi connectivity index (χ1v) is 6.47. The van der Waals surface area contributed by atoms with Crippen molar-refractivity contribution in [3.63, 3.8) is 0 Å². The third-order valence-corrected chi connectivity index (χ3v) is 3.08. The van der Waals surface area contributed by atoms with Gasteiger partial charge in [0.25, 0.3) is 0 Å². The normalized spacial score (nSPS) is 10.2. The molecule has 0 aliphatic rings. The van der Waals surface area contributed by atoms with Crippen molar-refractivity contribution < 1.29 is 14.3 Å². The minimum Gasteiger partial charge on any atom is -0.396 e. The van der Waals surface area contributed by atoms with Gasteiger partial charge in [0, 0.05) is 30.2 Å². The number of aliphatic hydroxyl groups excluding tert-OH is 1. The standard InChI is InChI=1S/C12H16FNO2S/c13-10-3-5-11(6-4-10)17-9-7-14-12(16)2-1-8-15/h3-6,15H,1-2,7-9H2,(H,14,16). The minimum atomic E-state index is -0.244. The van der Waals surface area contributed by atoms with E-state index in [0.717, 1.165) is 10.6 Å². The first kappa shape index (κ1) is 14.0.